The summed E-state index contributed by atoms with van der Waals surface area (Å²) in [5, 5.41) is 17.6. The second-order valence-corrected chi connectivity index (χ2v) is 2.43. The molecular weight excluding hydrogens is 270 g/mol. The van der Waals surface area contributed by atoms with Crippen LogP contribution < -0.4 is 69.3 Å². The van der Waals surface area contributed by atoms with Gasteiger partial charge in [0.25, 0.3) is 0 Å². The second kappa shape index (κ2) is 14.0. The standard InChI is InChI=1S/C7H7Br.CH2O3.2Na/c8-6-7-4-2-1-3-5-7;2-1(3)4;;/h1-5H,6H2;(H2,2,3,4);;/q;;2*+1/p-2. The summed E-state index contributed by atoms with van der Waals surface area (Å²) in [7, 11) is 0. The first kappa shape index (κ1) is 20.4. The quantitative estimate of drug-likeness (QED) is 0.379. The molecule has 0 unspecified atom stereocenters. The van der Waals surface area contributed by atoms with E-state index in [1.807, 2.05) is 18.2 Å². The van der Waals surface area contributed by atoms with E-state index in [-0.39, 0.29) is 59.1 Å². The van der Waals surface area contributed by atoms with Gasteiger partial charge in [-0.25, -0.2) is 0 Å². The Hall–Kier alpha value is 0.970. The second-order valence-electron chi connectivity index (χ2n) is 1.87. The Labute approximate surface area is 136 Å². The van der Waals surface area contributed by atoms with Crippen LogP contribution in [0.15, 0.2) is 30.3 Å². The first-order valence-electron chi connectivity index (χ1n) is 3.14. The first-order chi connectivity index (χ1) is 5.66. The van der Waals surface area contributed by atoms with Crippen LogP contribution in [0.5, 0.6) is 0 Å². The van der Waals surface area contributed by atoms with Crippen molar-refractivity contribution >= 4 is 22.1 Å². The SMILES string of the molecule is BrCc1ccccc1.O=C([O-])[O-].[Na+].[Na+]. The van der Waals surface area contributed by atoms with Crippen molar-refractivity contribution in [2.45, 2.75) is 5.33 Å². The fourth-order valence-electron chi connectivity index (χ4n) is 0.567. The molecule has 0 bridgehead atoms. The topological polar surface area (TPSA) is 63.2 Å². The Kier molecular flexibility index (Phi) is 20.3. The number of hydrogen-bond donors (Lipinski definition) is 0. The first-order valence-corrected chi connectivity index (χ1v) is 4.27. The summed E-state index contributed by atoms with van der Waals surface area (Å²) in [5.41, 5.74) is 1.33. The predicted octanol–water partition coefficient (Wildman–Crippen LogP) is -5.86. The van der Waals surface area contributed by atoms with Crippen molar-refractivity contribution < 1.29 is 74.1 Å². The van der Waals surface area contributed by atoms with Crippen LogP contribution >= 0.6 is 15.9 Å². The molecule has 14 heavy (non-hydrogen) atoms. The number of hydrogen-bond acceptors (Lipinski definition) is 3. The Balaban J connectivity index is -0.000000180. The molecule has 0 saturated heterocycles. The minimum Gasteiger partial charge on any atom is -0.652 e. The van der Waals surface area contributed by atoms with Crippen LogP contribution in [0.25, 0.3) is 0 Å². The summed E-state index contributed by atoms with van der Waals surface area (Å²) < 4.78 is 0. The Morgan fingerprint density at radius 1 is 1.14 bits per heavy atom. The van der Waals surface area contributed by atoms with Crippen molar-refractivity contribution in [2.75, 3.05) is 0 Å². The van der Waals surface area contributed by atoms with Gasteiger partial charge >= 0.3 is 59.1 Å². The van der Waals surface area contributed by atoms with Crippen molar-refractivity contribution in [3.63, 3.8) is 0 Å². The van der Waals surface area contributed by atoms with E-state index in [0.29, 0.717) is 0 Å². The zero-order chi connectivity index (χ0) is 9.40. The molecule has 0 atom stereocenters. The Bertz CT molecular complexity index is 227. The minimum atomic E-state index is -2.33. The van der Waals surface area contributed by atoms with Crippen LogP contribution in [0.3, 0.4) is 0 Å². The van der Waals surface area contributed by atoms with E-state index in [2.05, 4.69) is 28.1 Å². The number of halogens is 1. The van der Waals surface area contributed by atoms with Crippen LogP contribution in [0, 0.1) is 0 Å². The van der Waals surface area contributed by atoms with Gasteiger partial charge in [-0.1, -0.05) is 46.3 Å². The van der Waals surface area contributed by atoms with Crippen LogP contribution in [-0.2, 0) is 5.33 Å². The van der Waals surface area contributed by atoms with Crippen molar-refractivity contribution in [1.29, 1.82) is 0 Å². The van der Waals surface area contributed by atoms with Crippen molar-refractivity contribution in [3.05, 3.63) is 35.9 Å². The molecular formula is C8H7BrNa2O3. The summed E-state index contributed by atoms with van der Waals surface area (Å²) >= 11 is 3.36. The van der Waals surface area contributed by atoms with Crippen molar-refractivity contribution in [3.8, 4) is 0 Å². The molecule has 0 aliphatic carbocycles. The molecule has 0 spiro atoms. The van der Waals surface area contributed by atoms with Crippen LogP contribution in [0.1, 0.15) is 5.56 Å². The largest absolute Gasteiger partial charge is 1.00 e. The van der Waals surface area contributed by atoms with Gasteiger partial charge in [0.2, 0.25) is 0 Å². The molecule has 1 aromatic rings. The van der Waals surface area contributed by atoms with Crippen LogP contribution in [0.2, 0.25) is 0 Å². The van der Waals surface area contributed by atoms with E-state index in [4.69, 9.17) is 15.0 Å². The molecule has 6 heteroatoms. The van der Waals surface area contributed by atoms with Gasteiger partial charge in [-0.3, -0.25) is 0 Å². The average Bonchev–Trinajstić information content (AvgIpc) is 2.05. The third-order valence-corrected chi connectivity index (χ3v) is 1.64. The summed E-state index contributed by atoms with van der Waals surface area (Å²) in [6.45, 7) is 0. The molecule has 1 rings (SSSR count). The number of carbonyl (C=O) groups excluding carboxylic acids is 1. The van der Waals surface area contributed by atoms with E-state index in [0.717, 1.165) is 5.33 Å². The normalized spacial score (nSPS) is 6.93. The van der Waals surface area contributed by atoms with Crippen molar-refractivity contribution in [1.82, 2.24) is 0 Å². The van der Waals surface area contributed by atoms with Crippen LogP contribution in [0.4, 0.5) is 4.79 Å². The van der Waals surface area contributed by atoms with Crippen LogP contribution in [-0.4, -0.2) is 6.16 Å². The summed E-state index contributed by atoms with van der Waals surface area (Å²) in [4.78, 5) is 8.33. The number of benzene rings is 1. The van der Waals surface area contributed by atoms with Gasteiger partial charge in [0.05, 0.1) is 0 Å². The molecule has 0 amide bonds. The van der Waals surface area contributed by atoms with Gasteiger partial charge in [0.1, 0.15) is 0 Å². The Morgan fingerprint density at radius 2 is 1.50 bits per heavy atom. The molecule has 66 valence electrons. The maximum atomic E-state index is 8.33. The molecule has 0 N–H and O–H groups in total. The summed E-state index contributed by atoms with van der Waals surface area (Å²) in [6, 6.07) is 10.3. The maximum Gasteiger partial charge on any atom is 1.00 e. The third-order valence-electron chi connectivity index (χ3n) is 0.997. The molecule has 3 nitrogen and oxygen atoms in total. The molecule has 0 fully saturated rings. The molecule has 1 aromatic carbocycles. The summed E-state index contributed by atoms with van der Waals surface area (Å²) in [6.07, 6.45) is -2.33. The van der Waals surface area contributed by atoms with Gasteiger partial charge < -0.3 is 15.0 Å². The van der Waals surface area contributed by atoms with Gasteiger partial charge in [-0.15, -0.1) is 0 Å². The zero-order valence-electron chi connectivity index (χ0n) is 8.20. The van der Waals surface area contributed by atoms with E-state index >= 15 is 0 Å². The molecule has 0 radical (unpaired) electrons. The monoisotopic (exact) mass is 276 g/mol. The van der Waals surface area contributed by atoms with E-state index in [9.17, 15) is 0 Å². The van der Waals surface area contributed by atoms with E-state index in [1.165, 1.54) is 5.56 Å². The zero-order valence-corrected chi connectivity index (χ0v) is 13.8. The van der Waals surface area contributed by atoms with E-state index in [1.54, 1.807) is 0 Å². The fraction of sp³-hybridized carbons (Fsp3) is 0.125. The van der Waals surface area contributed by atoms with E-state index < -0.39 is 6.16 Å². The summed E-state index contributed by atoms with van der Waals surface area (Å²) in [5.74, 6) is 0. The van der Waals surface area contributed by atoms with Gasteiger partial charge in [0, 0.05) is 5.33 Å². The molecule has 0 aliphatic rings. The average molecular weight is 277 g/mol. The number of carbonyl (C=O) groups is 1. The fourth-order valence-corrected chi connectivity index (χ4v) is 0.941. The molecule has 0 aliphatic heterocycles. The predicted molar refractivity (Wildman–Crippen MR) is 44.5 cm³/mol. The third kappa shape index (κ3) is 15.4. The van der Waals surface area contributed by atoms with Gasteiger partial charge in [0.15, 0.2) is 0 Å². The molecule has 0 heterocycles. The van der Waals surface area contributed by atoms with Gasteiger partial charge in [-0.2, -0.15) is 0 Å². The van der Waals surface area contributed by atoms with Crippen molar-refractivity contribution in [2.24, 2.45) is 0 Å². The maximum absolute atomic E-state index is 8.33. The smallest absolute Gasteiger partial charge is 0.652 e. The Morgan fingerprint density at radius 3 is 1.71 bits per heavy atom. The van der Waals surface area contributed by atoms with Gasteiger partial charge in [-0.05, 0) is 11.7 Å². The number of rotatable bonds is 1. The number of carboxylic acid groups (broad SMARTS) is 2. The molecule has 0 saturated carbocycles. The minimum absolute atomic E-state index is 0. The number of alkyl halides is 1. The molecule has 0 aromatic heterocycles.